The molecule has 6 heteroatoms. The van der Waals surface area contributed by atoms with Gasteiger partial charge in [0.2, 0.25) is 0 Å². The molecule has 3 aromatic rings. The molecule has 0 N–H and O–H groups in total. The van der Waals surface area contributed by atoms with Crippen LogP contribution in [0.3, 0.4) is 0 Å². The maximum Gasteiger partial charge on any atom is 0.267 e. The van der Waals surface area contributed by atoms with Crippen molar-refractivity contribution in [2.24, 2.45) is 0 Å². The zero-order chi connectivity index (χ0) is 19.7. The molecule has 0 unspecified atom stereocenters. The van der Waals surface area contributed by atoms with E-state index < -0.39 is 0 Å². The second-order valence-electron chi connectivity index (χ2n) is 7.53. The second-order valence-corrected chi connectivity index (χ2v) is 9.67. The molecular formula is C22H26N2O2S2. The first-order chi connectivity index (χ1) is 13.6. The van der Waals surface area contributed by atoms with Crippen LogP contribution in [0.25, 0.3) is 15.9 Å². The Balaban J connectivity index is 1.92. The molecule has 28 heavy (non-hydrogen) atoms. The van der Waals surface area contributed by atoms with Crippen molar-refractivity contribution in [2.75, 3.05) is 5.75 Å². The third kappa shape index (κ3) is 3.53. The number of ether oxygens (including phenoxy) is 1. The highest BCUT2D eigenvalue weighted by molar-refractivity contribution is 7.99. The van der Waals surface area contributed by atoms with Gasteiger partial charge in [0, 0.05) is 17.1 Å². The quantitative estimate of drug-likeness (QED) is 0.300. The summed E-state index contributed by atoms with van der Waals surface area (Å²) in [4.78, 5) is 20.6. The van der Waals surface area contributed by atoms with Crippen LogP contribution in [0.2, 0.25) is 0 Å². The first kappa shape index (κ1) is 19.7. The normalized spacial score (nSPS) is 19.1. The van der Waals surface area contributed by atoms with Gasteiger partial charge < -0.3 is 4.74 Å². The summed E-state index contributed by atoms with van der Waals surface area (Å²) in [5.41, 5.74) is 1.86. The summed E-state index contributed by atoms with van der Waals surface area (Å²) in [7, 11) is 0. The van der Waals surface area contributed by atoms with Crippen LogP contribution in [0.15, 0.2) is 40.3 Å². The Labute approximate surface area is 174 Å². The van der Waals surface area contributed by atoms with Crippen LogP contribution in [0, 0.1) is 0 Å². The van der Waals surface area contributed by atoms with Crippen molar-refractivity contribution in [3.63, 3.8) is 0 Å². The zero-order valence-electron chi connectivity index (χ0n) is 16.7. The number of aromatic nitrogens is 2. The minimum Gasteiger partial charge on any atom is -0.369 e. The largest absolute Gasteiger partial charge is 0.369 e. The maximum atomic E-state index is 13.7. The molecular weight excluding hydrogens is 388 g/mol. The van der Waals surface area contributed by atoms with Crippen molar-refractivity contribution in [1.82, 2.24) is 9.55 Å². The summed E-state index contributed by atoms with van der Waals surface area (Å²) >= 11 is 3.29. The summed E-state index contributed by atoms with van der Waals surface area (Å²) in [5.74, 6) is 0.962. The minimum absolute atomic E-state index is 0.0491. The van der Waals surface area contributed by atoms with Crippen molar-refractivity contribution in [2.45, 2.75) is 63.8 Å². The van der Waals surface area contributed by atoms with Crippen LogP contribution < -0.4 is 5.56 Å². The summed E-state index contributed by atoms with van der Waals surface area (Å²) in [6.45, 7) is 7.03. The van der Waals surface area contributed by atoms with E-state index in [9.17, 15) is 4.79 Å². The second kappa shape index (κ2) is 8.01. The predicted octanol–water partition coefficient (Wildman–Crippen LogP) is 5.58. The van der Waals surface area contributed by atoms with Crippen LogP contribution in [0.4, 0.5) is 0 Å². The van der Waals surface area contributed by atoms with E-state index in [1.54, 1.807) is 27.7 Å². The monoisotopic (exact) mass is 414 g/mol. The number of para-hydroxylation sites is 1. The van der Waals surface area contributed by atoms with Gasteiger partial charge >= 0.3 is 0 Å². The Morgan fingerprint density at radius 3 is 2.79 bits per heavy atom. The molecule has 148 valence electrons. The topological polar surface area (TPSA) is 44.1 Å². The molecule has 0 bridgehead atoms. The van der Waals surface area contributed by atoms with E-state index in [-0.39, 0.29) is 11.2 Å². The number of hydrogen-bond donors (Lipinski definition) is 0. The fourth-order valence-electron chi connectivity index (χ4n) is 3.54. The lowest BCUT2D eigenvalue weighted by Crippen LogP contribution is -2.34. The molecule has 4 rings (SSSR count). The molecule has 4 nitrogen and oxygen atoms in total. The van der Waals surface area contributed by atoms with Gasteiger partial charge in [0.25, 0.3) is 5.56 Å². The molecule has 1 atom stereocenters. The van der Waals surface area contributed by atoms with Crippen LogP contribution in [0.5, 0.6) is 0 Å². The highest BCUT2D eigenvalue weighted by Gasteiger charge is 2.33. The molecule has 0 aliphatic carbocycles. The predicted molar refractivity (Wildman–Crippen MR) is 118 cm³/mol. The molecule has 0 fully saturated rings. The fourth-order valence-corrected chi connectivity index (χ4v) is 5.78. The Morgan fingerprint density at radius 1 is 1.29 bits per heavy atom. The van der Waals surface area contributed by atoms with Gasteiger partial charge in [0.1, 0.15) is 4.83 Å². The molecule has 0 radical (unpaired) electrons. The number of unbranched alkanes of at least 4 members (excludes halogenated alkanes) is 1. The molecule has 0 amide bonds. The number of fused-ring (bicyclic) bond motifs is 3. The van der Waals surface area contributed by atoms with Gasteiger partial charge in [0.15, 0.2) is 5.16 Å². The van der Waals surface area contributed by atoms with Crippen LogP contribution in [-0.4, -0.2) is 20.9 Å². The average Bonchev–Trinajstić information content (AvgIpc) is 3.06. The Kier molecular flexibility index (Phi) is 5.63. The number of hydrogen-bond acceptors (Lipinski definition) is 5. The van der Waals surface area contributed by atoms with E-state index in [4.69, 9.17) is 9.72 Å². The summed E-state index contributed by atoms with van der Waals surface area (Å²) in [6.07, 6.45) is 3.93. The molecule has 1 aliphatic heterocycles. The number of rotatable bonds is 6. The Bertz CT molecular complexity index is 1040. The van der Waals surface area contributed by atoms with E-state index in [1.165, 1.54) is 0 Å². The highest BCUT2D eigenvalue weighted by atomic mass is 32.2. The van der Waals surface area contributed by atoms with Crippen LogP contribution in [0.1, 0.15) is 50.5 Å². The molecule has 1 aromatic carbocycles. The van der Waals surface area contributed by atoms with Crippen molar-refractivity contribution in [1.29, 1.82) is 0 Å². The van der Waals surface area contributed by atoms with Crippen molar-refractivity contribution in [3.05, 3.63) is 51.1 Å². The zero-order valence-corrected chi connectivity index (χ0v) is 18.3. The molecule has 0 saturated heterocycles. The maximum absolute atomic E-state index is 13.7. The summed E-state index contributed by atoms with van der Waals surface area (Å²) in [6, 6.07) is 9.88. The van der Waals surface area contributed by atoms with Gasteiger partial charge in [-0.3, -0.25) is 9.36 Å². The first-order valence-electron chi connectivity index (χ1n) is 9.96. The first-order valence-corrected chi connectivity index (χ1v) is 11.8. The van der Waals surface area contributed by atoms with Crippen molar-refractivity contribution >= 4 is 33.3 Å². The lowest BCUT2D eigenvalue weighted by molar-refractivity contribution is -0.0543. The van der Waals surface area contributed by atoms with E-state index in [0.717, 1.165) is 62.9 Å². The van der Waals surface area contributed by atoms with Gasteiger partial charge in [-0.2, -0.15) is 0 Å². The average molecular weight is 415 g/mol. The highest BCUT2D eigenvalue weighted by Crippen LogP contribution is 2.39. The van der Waals surface area contributed by atoms with E-state index >= 15 is 0 Å². The lowest BCUT2D eigenvalue weighted by atomic mass is 9.90. The van der Waals surface area contributed by atoms with E-state index in [0.29, 0.717) is 6.61 Å². The number of nitrogens with zero attached hydrogens (tertiary/aromatic N) is 2. The SMILES string of the molecule is CCCCSc1nc2sc3c(c2c(=O)n1-c1ccccc1)C[C@@](C)(CC)OC3. The lowest BCUT2D eigenvalue weighted by Gasteiger charge is -2.32. The molecule has 2 aromatic heterocycles. The van der Waals surface area contributed by atoms with Crippen molar-refractivity contribution < 1.29 is 4.74 Å². The van der Waals surface area contributed by atoms with Crippen molar-refractivity contribution in [3.8, 4) is 5.69 Å². The standard InChI is InChI=1S/C22H26N2O2S2/c1-4-6-12-27-21-23-19-18(20(25)24(21)15-10-8-7-9-11-15)16-13-22(3,5-2)26-14-17(16)28-19/h7-11H,4-6,12-14H2,1-3H3/t22-/m1/s1. The third-order valence-corrected chi connectivity index (χ3v) is 7.60. The van der Waals surface area contributed by atoms with Gasteiger partial charge in [0.05, 0.1) is 23.3 Å². The Hall–Kier alpha value is -1.63. The van der Waals surface area contributed by atoms with Crippen LogP contribution >= 0.6 is 23.1 Å². The van der Waals surface area contributed by atoms with Gasteiger partial charge in [-0.05, 0) is 37.5 Å². The fraction of sp³-hybridized carbons (Fsp3) is 0.455. The third-order valence-electron chi connectivity index (χ3n) is 5.47. The molecule has 0 saturated carbocycles. The molecule has 3 heterocycles. The number of thiophene rings is 1. The summed E-state index contributed by atoms with van der Waals surface area (Å²) < 4.78 is 7.90. The van der Waals surface area contributed by atoms with Gasteiger partial charge in [-0.15, -0.1) is 11.3 Å². The van der Waals surface area contributed by atoms with Gasteiger partial charge in [-0.1, -0.05) is 50.2 Å². The minimum atomic E-state index is -0.209. The van der Waals surface area contributed by atoms with E-state index in [2.05, 4.69) is 20.8 Å². The smallest absolute Gasteiger partial charge is 0.267 e. The molecule has 1 aliphatic rings. The Morgan fingerprint density at radius 2 is 2.07 bits per heavy atom. The number of thioether (sulfide) groups is 1. The van der Waals surface area contributed by atoms with E-state index in [1.807, 2.05) is 30.3 Å². The number of benzene rings is 1. The summed E-state index contributed by atoms with van der Waals surface area (Å²) in [5, 5.41) is 1.57. The van der Waals surface area contributed by atoms with Crippen LogP contribution in [-0.2, 0) is 17.8 Å². The molecule has 0 spiro atoms. The van der Waals surface area contributed by atoms with Gasteiger partial charge in [-0.25, -0.2) is 4.98 Å².